The van der Waals surface area contributed by atoms with Gasteiger partial charge in [-0.3, -0.25) is 4.79 Å². The van der Waals surface area contributed by atoms with Crippen LogP contribution in [0.4, 0.5) is 26.3 Å². The van der Waals surface area contributed by atoms with Crippen LogP contribution in [-0.4, -0.2) is 17.9 Å². The molecule has 0 bridgehead atoms. The summed E-state index contributed by atoms with van der Waals surface area (Å²) < 4.78 is 72.4. The third-order valence-electron chi connectivity index (χ3n) is 1.51. The standard InChI is InChI=1S/C8H9F6O/c1-6(2,3)5(15)4(9)7(10,11)8(12,13)14/h1-3H3. The van der Waals surface area contributed by atoms with E-state index in [0.29, 0.717) is 0 Å². The first-order valence-corrected chi connectivity index (χ1v) is 3.84. The van der Waals surface area contributed by atoms with Gasteiger partial charge < -0.3 is 0 Å². The van der Waals surface area contributed by atoms with E-state index >= 15 is 0 Å². The Morgan fingerprint density at radius 3 is 1.47 bits per heavy atom. The van der Waals surface area contributed by atoms with Crippen LogP contribution in [0.15, 0.2) is 0 Å². The van der Waals surface area contributed by atoms with E-state index in [-0.39, 0.29) is 0 Å². The van der Waals surface area contributed by atoms with Crippen LogP contribution in [-0.2, 0) is 4.79 Å². The lowest BCUT2D eigenvalue weighted by molar-refractivity contribution is -0.281. The molecule has 0 saturated heterocycles. The van der Waals surface area contributed by atoms with Crippen LogP contribution in [0.5, 0.6) is 0 Å². The Balaban J connectivity index is 5.03. The molecule has 0 aromatic carbocycles. The van der Waals surface area contributed by atoms with Crippen molar-refractivity contribution in [3.63, 3.8) is 0 Å². The summed E-state index contributed by atoms with van der Waals surface area (Å²) in [5.41, 5.74) is -1.63. The number of carbonyl (C=O) groups is 1. The van der Waals surface area contributed by atoms with Crippen LogP contribution in [0, 0.1) is 11.6 Å². The summed E-state index contributed by atoms with van der Waals surface area (Å²) in [5.74, 6) is -7.58. The highest BCUT2D eigenvalue weighted by atomic mass is 19.4. The molecule has 0 N–H and O–H groups in total. The fourth-order valence-electron chi connectivity index (χ4n) is 0.596. The number of halogens is 6. The molecule has 0 spiro atoms. The lowest BCUT2D eigenvalue weighted by Gasteiger charge is -2.25. The molecule has 89 valence electrons. The van der Waals surface area contributed by atoms with Crippen LogP contribution < -0.4 is 0 Å². The van der Waals surface area contributed by atoms with Crippen molar-refractivity contribution in [1.82, 2.24) is 0 Å². The minimum atomic E-state index is -6.10. The van der Waals surface area contributed by atoms with E-state index in [1.165, 1.54) is 0 Å². The summed E-state index contributed by atoms with van der Waals surface area (Å²) in [6.07, 6.45) is -9.07. The van der Waals surface area contributed by atoms with Gasteiger partial charge in [0.2, 0.25) is 0 Å². The topological polar surface area (TPSA) is 17.1 Å². The van der Waals surface area contributed by atoms with Crippen LogP contribution in [0.2, 0.25) is 0 Å². The minimum Gasteiger partial charge on any atom is -0.295 e. The van der Waals surface area contributed by atoms with Crippen LogP contribution in [0.25, 0.3) is 0 Å². The van der Waals surface area contributed by atoms with Gasteiger partial charge in [0.15, 0.2) is 5.78 Å². The molecular weight excluding hydrogens is 226 g/mol. The zero-order valence-electron chi connectivity index (χ0n) is 8.18. The first-order chi connectivity index (χ1) is 6.32. The third-order valence-corrected chi connectivity index (χ3v) is 1.51. The fourth-order valence-corrected chi connectivity index (χ4v) is 0.596. The highest BCUT2D eigenvalue weighted by molar-refractivity contribution is 5.95. The number of Topliss-reactive ketones (excluding diaryl/α,β-unsaturated/α-hetero) is 1. The van der Waals surface area contributed by atoms with Gasteiger partial charge in [0.1, 0.15) is 0 Å². The predicted molar refractivity (Wildman–Crippen MR) is 39.8 cm³/mol. The first-order valence-electron chi connectivity index (χ1n) is 3.84. The van der Waals surface area contributed by atoms with Crippen molar-refractivity contribution in [3.8, 4) is 0 Å². The molecule has 1 radical (unpaired) electrons. The molecule has 0 rings (SSSR count). The molecule has 15 heavy (non-hydrogen) atoms. The van der Waals surface area contributed by atoms with E-state index in [1.54, 1.807) is 0 Å². The normalized spacial score (nSPS) is 14.5. The van der Waals surface area contributed by atoms with Gasteiger partial charge in [-0.2, -0.15) is 22.0 Å². The van der Waals surface area contributed by atoms with Crippen molar-refractivity contribution in [2.45, 2.75) is 32.9 Å². The second-order valence-electron chi connectivity index (χ2n) is 3.97. The van der Waals surface area contributed by atoms with E-state index in [0.717, 1.165) is 20.8 Å². The molecule has 1 nitrogen and oxygen atoms in total. The lowest BCUT2D eigenvalue weighted by Crippen LogP contribution is -2.46. The summed E-state index contributed by atoms with van der Waals surface area (Å²) in [5, 5.41) is 0. The van der Waals surface area contributed by atoms with Crippen molar-refractivity contribution in [1.29, 1.82) is 0 Å². The maximum absolute atomic E-state index is 12.7. The van der Waals surface area contributed by atoms with Gasteiger partial charge in [-0.25, -0.2) is 4.39 Å². The molecule has 0 heterocycles. The van der Waals surface area contributed by atoms with Gasteiger partial charge in [-0.1, -0.05) is 20.8 Å². The average molecular weight is 235 g/mol. The largest absolute Gasteiger partial charge is 0.457 e. The summed E-state index contributed by atoms with van der Waals surface area (Å²) in [4.78, 5) is 10.9. The smallest absolute Gasteiger partial charge is 0.295 e. The van der Waals surface area contributed by atoms with Crippen molar-refractivity contribution in [3.05, 3.63) is 6.17 Å². The second kappa shape index (κ2) is 3.68. The molecule has 0 aliphatic heterocycles. The van der Waals surface area contributed by atoms with Gasteiger partial charge in [-0.05, 0) is 0 Å². The maximum atomic E-state index is 12.7. The number of ketones is 1. The Kier molecular flexibility index (Phi) is 3.49. The number of hydrogen-bond acceptors (Lipinski definition) is 1. The Bertz CT molecular complexity index is 249. The van der Waals surface area contributed by atoms with Crippen LogP contribution in [0.3, 0.4) is 0 Å². The molecule has 7 heteroatoms. The van der Waals surface area contributed by atoms with Crippen molar-refractivity contribution < 1.29 is 31.1 Å². The van der Waals surface area contributed by atoms with E-state index in [1.807, 2.05) is 0 Å². The number of rotatable bonds is 2. The van der Waals surface area contributed by atoms with Gasteiger partial charge in [-0.15, -0.1) is 0 Å². The second-order valence-corrected chi connectivity index (χ2v) is 3.97. The monoisotopic (exact) mass is 235 g/mol. The van der Waals surface area contributed by atoms with Crippen LogP contribution >= 0.6 is 0 Å². The SMILES string of the molecule is CC(C)(C)C(=O)[C](F)C(F)(F)C(F)(F)F. The highest BCUT2D eigenvalue weighted by Crippen LogP contribution is 2.45. The third kappa shape index (κ3) is 2.85. The van der Waals surface area contributed by atoms with Gasteiger partial charge in [0.05, 0.1) is 0 Å². The van der Waals surface area contributed by atoms with Crippen LogP contribution in [0.1, 0.15) is 20.8 Å². The summed E-state index contributed by atoms with van der Waals surface area (Å²) >= 11 is 0. The zero-order chi connectivity index (χ0) is 12.7. The fraction of sp³-hybridized carbons (Fsp3) is 0.750. The first kappa shape index (κ1) is 14.2. The van der Waals surface area contributed by atoms with Crippen molar-refractivity contribution in [2.24, 2.45) is 5.41 Å². The van der Waals surface area contributed by atoms with E-state index < -0.39 is 29.5 Å². The maximum Gasteiger partial charge on any atom is 0.457 e. The van der Waals surface area contributed by atoms with E-state index in [2.05, 4.69) is 0 Å². The van der Waals surface area contributed by atoms with E-state index in [9.17, 15) is 31.1 Å². The van der Waals surface area contributed by atoms with E-state index in [4.69, 9.17) is 0 Å². The van der Waals surface area contributed by atoms with Crippen molar-refractivity contribution >= 4 is 5.78 Å². The molecule has 0 saturated carbocycles. The average Bonchev–Trinajstić information content (AvgIpc) is 1.97. The minimum absolute atomic E-state index is 1.04. The summed E-state index contributed by atoms with van der Waals surface area (Å²) in [6.45, 7) is 3.13. The molecule has 0 aromatic heterocycles. The molecule has 0 aliphatic rings. The lowest BCUT2D eigenvalue weighted by atomic mass is 9.86. The summed E-state index contributed by atoms with van der Waals surface area (Å²) in [7, 11) is 0. The Morgan fingerprint density at radius 2 is 1.27 bits per heavy atom. The molecule has 0 amide bonds. The molecule has 0 fully saturated rings. The molecular formula is C8H9F6O. The zero-order valence-corrected chi connectivity index (χ0v) is 8.18. The van der Waals surface area contributed by atoms with Crippen molar-refractivity contribution in [2.75, 3.05) is 0 Å². The molecule has 0 unspecified atom stereocenters. The highest BCUT2D eigenvalue weighted by Gasteiger charge is 2.67. The van der Waals surface area contributed by atoms with Gasteiger partial charge in [0.25, 0.3) is 6.17 Å². The summed E-state index contributed by atoms with van der Waals surface area (Å²) in [6, 6.07) is 0. The Morgan fingerprint density at radius 1 is 0.933 bits per heavy atom. The Hall–Kier alpha value is -0.750. The van der Waals surface area contributed by atoms with Gasteiger partial charge >= 0.3 is 12.1 Å². The molecule has 0 atom stereocenters. The quantitative estimate of drug-likeness (QED) is 0.671. The Labute approximate surface area is 82.4 Å². The number of carbonyl (C=O) groups excluding carboxylic acids is 1. The van der Waals surface area contributed by atoms with Gasteiger partial charge in [0, 0.05) is 5.41 Å². The number of alkyl halides is 5. The predicted octanol–water partition coefficient (Wildman–Crippen LogP) is 3.30. The number of hydrogen-bond donors (Lipinski definition) is 0. The molecule has 0 aliphatic carbocycles. The molecule has 0 aromatic rings.